The van der Waals surface area contributed by atoms with Crippen molar-refractivity contribution >= 4 is 21.5 Å². The van der Waals surface area contributed by atoms with Gasteiger partial charge in [-0.05, 0) is 30.3 Å². The number of benzene rings is 1. The average molecular weight is 292 g/mol. The molecule has 0 bridgehead atoms. The Labute approximate surface area is 114 Å². The summed E-state index contributed by atoms with van der Waals surface area (Å²) in [6.45, 7) is 0. The van der Waals surface area contributed by atoms with Crippen molar-refractivity contribution < 1.29 is 12.8 Å². The first-order valence-electron chi connectivity index (χ1n) is 5.37. The zero-order valence-electron chi connectivity index (χ0n) is 10.0. The number of rotatable bonds is 3. The molecular formula is C12H9FN4O2S. The summed E-state index contributed by atoms with van der Waals surface area (Å²) in [4.78, 5) is 3.41. The van der Waals surface area contributed by atoms with Crippen molar-refractivity contribution in [1.82, 2.24) is 4.98 Å². The lowest BCUT2D eigenvalue weighted by Gasteiger charge is -2.10. The number of nitrogen functional groups attached to an aromatic ring is 1. The van der Waals surface area contributed by atoms with Crippen LogP contribution in [0.4, 0.5) is 15.9 Å². The third-order valence-electron chi connectivity index (χ3n) is 2.43. The SMILES string of the molecule is N#Cc1ccc(NS(=O)(=O)c2cccnc2N)c(F)c1. The van der Waals surface area contributed by atoms with Crippen LogP contribution >= 0.6 is 0 Å². The molecular weight excluding hydrogens is 283 g/mol. The molecule has 0 aliphatic rings. The van der Waals surface area contributed by atoms with Gasteiger partial charge in [0, 0.05) is 6.20 Å². The van der Waals surface area contributed by atoms with E-state index in [1.807, 2.05) is 0 Å². The maximum Gasteiger partial charge on any atom is 0.265 e. The van der Waals surface area contributed by atoms with Crippen LogP contribution < -0.4 is 10.5 Å². The normalized spacial score (nSPS) is 10.8. The molecule has 0 fully saturated rings. The van der Waals surface area contributed by atoms with Crippen LogP contribution in [0.5, 0.6) is 0 Å². The Hall–Kier alpha value is -2.66. The molecule has 1 aromatic carbocycles. The van der Waals surface area contributed by atoms with Crippen LogP contribution in [-0.4, -0.2) is 13.4 Å². The highest BCUT2D eigenvalue weighted by molar-refractivity contribution is 7.92. The summed E-state index contributed by atoms with van der Waals surface area (Å²) >= 11 is 0. The standard InChI is InChI=1S/C12H9FN4O2S/c13-9-6-8(7-14)3-4-10(9)17-20(18,19)11-2-1-5-16-12(11)15/h1-6,17H,(H2,15,16). The molecule has 0 aliphatic carbocycles. The van der Waals surface area contributed by atoms with E-state index in [0.29, 0.717) is 0 Å². The summed E-state index contributed by atoms with van der Waals surface area (Å²) in [5.74, 6) is -1.04. The van der Waals surface area contributed by atoms with Crippen LogP contribution in [-0.2, 0) is 10.0 Å². The molecule has 2 aromatic rings. The van der Waals surface area contributed by atoms with Gasteiger partial charge in [0.25, 0.3) is 10.0 Å². The molecule has 0 radical (unpaired) electrons. The molecule has 0 spiro atoms. The lowest BCUT2D eigenvalue weighted by atomic mass is 10.2. The van der Waals surface area contributed by atoms with Crippen molar-refractivity contribution in [2.45, 2.75) is 4.90 Å². The number of sulfonamides is 1. The number of nitriles is 1. The molecule has 20 heavy (non-hydrogen) atoms. The first-order valence-corrected chi connectivity index (χ1v) is 6.85. The number of anilines is 2. The van der Waals surface area contributed by atoms with Gasteiger partial charge in [-0.3, -0.25) is 4.72 Å². The molecule has 0 atom stereocenters. The van der Waals surface area contributed by atoms with Crippen LogP contribution in [0, 0.1) is 17.1 Å². The van der Waals surface area contributed by atoms with Crippen LogP contribution in [0.25, 0.3) is 0 Å². The Balaban J connectivity index is 2.40. The minimum atomic E-state index is -4.05. The second-order valence-electron chi connectivity index (χ2n) is 3.80. The summed E-state index contributed by atoms with van der Waals surface area (Å²) in [5, 5.41) is 8.62. The molecule has 102 valence electrons. The molecule has 0 unspecified atom stereocenters. The van der Waals surface area contributed by atoms with Crippen molar-refractivity contribution in [2.75, 3.05) is 10.5 Å². The Morgan fingerprint density at radius 2 is 2.10 bits per heavy atom. The van der Waals surface area contributed by atoms with E-state index in [1.54, 1.807) is 6.07 Å². The Bertz CT molecular complexity index is 799. The number of nitrogens with one attached hydrogen (secondary N) is 1. The molecule has 8 heteroatoms. The third kappa shape index (κ3) is 2.67. The summed E-state index contributed by atoms with van der Waals surface area (Å²) in [5.41, 5.74) is 5.30. The summed E-state index contributed by atoms with van der Waals surface area (Å²) in [6.07, 6.45) is 1.34. The molecule has 1 heterocycles. The van der Waals surface area contributed by atoms with Gasteiger partial charge in [0.15, 0.2) is 0 Å². The highest BCUT2D eigenvalue weighted by Crippen LogP contribution is 2.22. The van der Waals surface area contributed by atoms with Gasteiger partial charge in [-0.1, -0.05) is 0 Å². The van der Waals surface area contributed by atoms with E-state index in [0.717, 1.165) is 12.1 Å². The van der Waals surface area contributed by atoms with E-state index in [-0.39, 0.29) is 22.0 Å². The first kappa shape index (κ1) is 13.8. The molecule has 0 amide bonds. The van der Waals surface area contributed by atoms with Gasteiger partial charge in [0.2, 0.25) is 0 Å². The number of aromatic nitrogens is 1. The molecule has 1 aromatic heterocycles. The number of nitrogens with zero attached hydrogens (tertiary/aromatic N) is 2. The molecule has 0 aliphatic heterocycles. The number of nitrogens with two attached hydrogens (primary N) is 1. The van der Waals surface area contributed by atoms with E-state index in [1.165, 1.54) is 24.4 Å². The van der Waals surface area contributed by atoms with Crippen LogP contribution in [0.3, 0.4) is 0 Å². The van der Waals surface area contributed by atoms with E-state index in [4.69, 9.17) is 11.0 Å². The third-order valence-corrected chi connectivity index (χ3v) is 3.84. The molecule has 6 nitrogen and oxygen atoms in total. The van der Waals surface area contributed by atoms with Gasteiger partial charge < -0.3 is 5.73 Å². The van der Waals surface area contributed by atoms with E-state index < -0.39 is 15.8 Å². The maximum atomic E-state index is 13.7. The molecule has 0 saturated heterocycles. The van der Waals surface area contributed by atoms with Gasteiger partial charge >= 0.3 is 0 Å². The van der Waals surface area contributed by atoms with Crippen molar-refractivity contribution in [3.63, 3.8) is 0 Å². The van der Waals surface area contributed by atoms with Crippen molar-refractivity contribution in [2.24, 2.45) is 0 Å². The van der Waals surface area contributed by atoms with Crippen LogP contribution in [0.2, 0.25) is 0 Å². The van der Waals surface area contributed by atoms with E-state index in [9.17, 15) is 12.8 Å². The molecule has 2 rings (SSSR count). The topological polar surface area (TPSA) is 109 Å². The lowest BCUT2D eigenvalue weighted by Crippen LogP contribution is -2.16. The predicted octanol–water partition coefficient (Wildman–Crippen LogP) is 1.48. The highest BCUT2D eigenvalue weighted by Gasteiger charge is 2.19. The van der Waals surface area contributed by atoms with Crippen LogP contribution in [0.15, 0.2) is 41.4 Å². The summed E-state index contributed by atoms with van der Waals surface area (Å²) in [7, 11) is -4.05. The summed E-state index contributed by atoms with van der Waals surface area (Å²) < 4.78 is 39.9. The zero-order chi connectivity index (χ0) is 14.8. The van der Waals surface area contributed by atoms with Gasteiger partial charge in [0.05, 0.1) is 17.3 Å². The number of hydrogen-bond donors (Lipinski definition) is 2. The van der Waals surface area contributed by atoms with Crippen LogP contribution in [0.1, 0.15) is 5.56 Å². The monoisotopic (exact) mass is 292 g/mol. The summed E-state index contributed by atoms with van der Waals surface area (Å²) in [6, 6.07) is 7.81. The van der Waals surface area contributed by atoms with Gasteiger partial charge in [-0.2, -0.15) is 5.26 Å². The zero-order valence-corrected chi connectivity index (χ0v) is 10.9. The Kier molecular flexibility index (Phi) is 3.54. The van der Waals surface area contributed by atoms with Gasteiger partial charge in [0.1, 0.15) is 16.5 Å². The Morgan fingerprint density at radius 1 is 1.35 bits per heavy atom. The second-order valence-corrected chi connectivity index (χ2v) is 5.45. The van der Waals surface area contributed by atoms with Gasteiger partial charge in [-0.25, -0.2) is 17.8 Å². The smallest absolute Gasteiger partial charge is 0.265 e. The fourth-order valence-electron chi connectivity index (χ4n) is 1.50. The average Bonchev–Trinajstić information content (AvgIpc) is 2.41. The fraction of sp³-hybridized carbons (Fsp3) is 0. The van der Waals surface area contributed by atoms with Crippen molar-refractivity contribution in [3.05, 3.63) is 47.9 Å². The predicted molar refractivity (Wildman–Crippen MR) is 70.6 cm³/mol. The Morgan fingerprint density at radius 3 is 2.70 bits per heavy atom. The quantitative estimate of drug-likeness (QED) is 0.890. The van der Waals surface area contributed by atoms with E-state index in [2.05, 4.69) is 9.71 Å². The number of hydrogen-bond acceptors (Lipinski definition) is 5. The first-order chi connectivity index (χ1) is 9.44. The largest absolute Gasteiger partial charge is 0.383 e. The molecule has 3 N–H and O–H groups in total. The van der Waals surface area contributed by atoms with Crippen molar-refractivity contribution in [3.8, 4) is 6.07 Å². The van der Waals surface area contributed by atoms with E-state index >= 15 is 0 Å². The highest BCUT2D eigenvalue weighted by atomic mass is 32.2. The fourth-order valence-corrected chi connectivity index (χ4v) is 2.65. The van der Waals surface area contributed by atoms with Crippen molar-refractivity contribution in [1.29, 1.82) is 5.26 Å². The lowest BCUT2D eigenvalue weighted by molar-refractivity contribution is 0.598. The number of pyridine rings is 1. The second kappa shape index (κ2) is 5.14. The minimum absolute atomic E-state index is 0.0892. The van der Waals surface area contributed by atoms with Gasteiger partial charge in [-0.15, -0.1) is 0 Å². The minimum Gasteiger partial charge on any atom is -0.383 e. The maximum absolute atomic E-state index is 13.7. The number of halogens is 1. The molecule has 0 saturated carbocycles.